The first kappa shape index (κ1) is 19.2. The van der Waals surface area contributed by atoms with Crippen molar-refractivity contribution in [2.24, 2.45) is 0 Å². The number of nitrogen functional groups attached to an aromatic ring is 1. The lowest BCUT2D eigenvalue weighted by atomic mass is 10.0. The van der Waals surface area contributed by atoms with Gasteiger partial charge in [-0.1, -0.05) is 48.0 Å². The minimum Gasteiger partial charge on any atom is -0.399 e. The summed E-state index contributed by atoms with van der Waals surface area (Å²) in [5, 5.41) is 11.1. The molecule has 0 saturated carbocycles. The van der Waals surface area contributed by atoms with Gasteiger partial charge in [-0.05, 0) is 61.4 Å². The van der Waals surface area contributed by atoms with Crippen molar-refractivity contribution in [1.29, 1.82) is 0 Å². The third kappa shape index (κ3) is 3.90. The molecule has 0 aliphatic carbocycles. The maximum Gasteiger partial charge on any atom is 0.146 e. The molecular weight excluding hydrogens is 382 g/mol. The Kier molecular flexibility index (Phi) is 4.91. The SMILES string of the molecule is CC(C)(O)c1cn(-c2ccc(-c3cccc(N)c3)cc2)c(-c2ccccc2Cl)n1. The van der Waals surface area contributed by atoms with Crippen molar-refractivity contribution in [3.63, 3.8) is 0 Å². The second-order valence-corrected chi connectivity index (χ2v) is 7.94. The van der Waals surface area contributed by atoms with E-state index in [-0.39, 0.29) is 0 Å². The van der Waals surface area contributed by atoms with Crippen molar-refractivity contribution in [2.45, 2.75) is 19.4 Å². The Morgan fingerprint density at radius 2 is 1.66 bits per heavy atom. The molecule has 4 rings (SSSR count). The molecule has 4 nitrogen and oxygen atoms in total. The van der Waals surface area contributed by atoms with Crippen molar-refractivity contribution in [3.05, 3.63) is 89.7 Å². The zero-order chi connectivity index (χ0) is 20.6. The highest BCUT2D eigenvalue weighted by Gasteiger charge is 2.23. The predicted molar refractivity (Wildman–Crippen MR) is 119 cm³/mol. The molecule has 0 radical (unpaired) electrons. The van der Waals surface area contributed by atoms with Gasteiger partial charge in [-0.15, -0.1) is 0 Å². The Morgan fingerprint density at radius 3 is 2.31 bits per heavy atom. The van der Waals surface area contributed by atoms with Gasteiger partial charge in [0.05, 0.1) is 10.7 Å². The minimum absolute atomic E-state index is 0.576. The zero-order valence-electron chi connectivity index (χ0n) is 16.3. The Morgan fingerprint density at radius 1 is 0.931 bits per heavy atom. The van der Waals surface area contributed by atoms with Crippen LogP contribution in [0.4, 0.5) is 5.69 Å². The monoisotopic (exact) mass is 403 g/mol. The van der Waals surface area contributed by atoms with E-state index in [1.54, 1.807) is 13.8 Å². The molecule has 0 amide bonds. The average molecular weight is 404 g/mol. The number of aliphatic hydroxyl groups is 1. The van der Waals surface area contributed by atoms with Crippen LogP contribution < -0.4 is 5.73 Å². The second kappa shape index (κ2) is 7.39. The standard InChI is InChI=1S/C24H22ClN3O/c1-24(2,29)22-15-28(23(27-22)20-8-3-4-9-21(20)25)19-12-10-16(11-13-19)17-6-5-7-18(26)14-17/h3-15,29H,26H2,1-2H3. The highest BCUT2D eigenvalue weighted by atomic mass is 35.5. The summed E-state index contributed by atoms with van der Waals surface area (Å²) < 4.78 is 1.96. The molecule has 5 heteroatoms. The van der Waals surface area contributed by atoms with Crippen LogP contribution in [0.3, 0.4) is 0 Å². The van der Waals surface area contributed by atoms with Crippen LogP contribution >= 0.6 is 11.6 Å². The van der Waals surface area contributed by atoms with Crippen LogP contribution in [0.25, 0.3) is 28.2 Å². The first-order valence-electron chi connectivity index (χ1n) is 9.36. The van der Waals surface area contributed by atoms with Gasteiger partial charge in [-0.25, -0.2) is 4.98 Å². The van der Waals surface area contributed by atoms with Crippen molar-refractivity contribution in [2.75, 3.05) is 5.73 Å². The molecule has 0 unspecified atom stereocenters. The Labute approximate surface area is 175 Å². The van der Waals surface area contributed by atoms with Crippen LogP contribution in [0.15, 0.2) is 79.0 Å². The zero-order valence-corrected chi connectivity index (χ0v) is 17.1. The molecule has 146 valence electrons. The fourth-order valence-corrected chi connectivity index (χ4v) is 3.46. The number of nitrogens with zero attached hydrogens (tertiary/aromatic N) is 2. The minimum atomic E-state index is -1.07. The molecular formula is C24H22ClN3O. The number of nitrogens with two attached hydrogens (primary N) is 1. The number of anilines is 1. The van der Waals surface area contributed by atoms with E-state index in [2.05, 4.69) is 0 Å². The smallest absolute Gasteiger partial charge is 0.146 e. The van der Waals surface area contributed by atoms with E-state index in [1.807, 2.05) is 83.6 Å². The van der Waals surface area contributed by atoms with Crippen molar-refractivity contribution in [3.8, 4) is 28.2 Å². The van der Waals surface area contributed by atoms with Gasteiger partial charge < -0.3 is 10.8 Å². The molecule has 1 heterocycles. The summed E-state index contributed by atoms with van der Waals surface area (Å²) in [4.78, 5) is 4.69. The Hall–Kier alpha value is -3.08. The third-order valence-corrected chi connectivity index (χ3v) is 5.14. The number of hydrogen-bond donors (Lipinski definition) is 2. The Bertz CT molecular complexity index is 1160. The summed E-state index contributed by atoms with van der Waals surface area (Å²) >= 11 is 6.43. The summed E-state index contributed by atoms with van der Waals surface area (Å²) in [5.41, 5.74) is 10.0. The predicted octanol–water partition coefficient (Wildman–Crippen LogP) is 5.67. The molecule has 4 aromatic rings. The number of rotatable bonds is 4. The number of hydrogen-bond acceptors (Lipinski definition) is 3. The summed E-state index contributed by atoms with van der Waals surface area (Å²) in [6, 6.07) is 23.5. The summed E-state index contributed by atoms with van der Waals surface area (Å²) in [6.07, 6.45) is 1.86. The maximum absolute atomic E-state index is 10.5. The lowest BCUT2D eigenvalue weighted by Gasteiger charge is -2.13. The molecule has 0 atom stereocenters. The van der Waals surface area contributed by atoms with Crippen LogP contribution in [0.2, 0.25) is 5.02 Å². The van der Waals surface area contributed by atoms with E-state index in [0.717, 1.165) is 28.1 Å². The quantitative estimate of drug-likeness (QED) is 0.431. The van der Waals surface area contributed by atoms with Crippen molar-refractivity contribution in [1.82, 2.24) is 9.55 Å². The van der Waals surface area contributed by atoms with Gasteiger partial charge in [0, 0.05) is 23.1 Å². The van der Waals surface area contributed by atoms with Gasteiger partial charge in [0.1, 0.15) is 11.4 Å². The van der Waals surface area contributed by atoms with E-state index in [0.29, 0.717) is 16.5 Å². The summed E-state index contributed by atoms with van der Waals surface area (Å²) in [7, 11) is 0. The summed E-state index contributed by atoms with van der Waals surface area (Å²) in [6.45, 7) is 3.44. The highest BCUT2D eigenvalue weighted by molar-refractivity contribution is 6.33. The van der Waals surface area contributed by atoms with Gasteiger partial charge in [-0.3, -0.25) is 4.57 Å². The number of benzene rings is 3. The van der Waals surface area contributed by atoms with Crippen LogP contribution in [-0.2, 0) is 5.60 Å². The maximum atomic E-state index is 10.5. The third-order valence-electron chi connectivity index (χ3n) is 4.81. The largest absolute Gasteiger partial charge is 0.399 e. The van der Waals surface area contributed by atoms with Gasteiger partial charge in [-0.2, -0.15) is 0 Å². The fourth-order valence-electron chi connectivity index (χ4n) is 3.24. The van der Waals surface area contributed by atoms with Crippen LogP contribution in [0, 0.1) is 0 Å². The second-order valence-electron chi connectivity index (χ2n) is 7.53. The highest BCUT2D eigenvalue weighted by Crippen LogP contribution is 2.32. The normalized spacial score (nSPS) is 11.6. The van der Waals surface area contributed by atoms with E-state index < -0.39 is 5.60 Å². The van der Waals surface area contributed by atoms with E-state index in [9.17, 15) is 5.11 Å². The molecule has 0 aliphatic heterocycles. The first-order valence-corrected chi connectivity index (χ1v) is 9.74. The first-order chi connectivity index (χ1) is 13.8. The molecule has 1 aromatic heterocycles. The lowest BCUT2D eigenvalue weighted by molar-refractivity contribution is 0.0743. The van der Waals surface area contributed by atoms with Crippen LogP contribution in [0.1, 0.15) is 19.5 Å². The molecule has 0 aliphatic rings. The van der Waals surface area contributed by atoms with Gasteiger partial charge in [0.25, 0.3) is 0 Å². The molecule has 3 aromatic carbocycles. The molecule has 0 bridgehead atoms. The lowest BCUT2D eigenvalue weighted by Crippen LogP contribution is -2.15. The number of aromatic nitrogens is 2. The van der Waals surface area contributed by atoms with Gasteiger partial charge in [0.2, 0.25) is 0 Å². The molecule has 3 N–H and O–H groups in total. The van der Waals surface area contributed by atoms with Crippen LogP contribution in [0.5, 0.6) is 0 Å². The number of imidazole rings is 1. The fraction of sp³-hybridized carbons (Fsp3) is 0.125. The average Bonchev–Trinajstić information content (AvgIpc) is 3.14. The van der Waals surface area contributed by atoms with Gasteiger partial charge >= 0.3 is 0 Å². The molecule has 0 fully saturated rings. The Balaban J connectivity index is 1.82. The van der Waals surface area contributed by atoms with Gasteiger partial charge in [0.15, 0.2) is 0 Å². The van der Waals surface area contributed by atoms with Crippen LogP contribution in [-0.4, -0.2) is 14.7 Å². The number of halogens is 1. The van der Waals surface area contributed by atoms with Crippen molar-refractivity contribution < 1.29 is 5.11 Å². The van der Waals surface area contributed by atoms with Crippen molar-refractivity contribution >= 4 is 17.3 Å². The molecule has 0 saturated heterocycles. The molecule has 29 heavy (non-hydrogen) atoms. The van der Waals surface area contributed by atoms with E-state index >= 15 is 0 Å². The molecule has 0 spiro atoms. The summed E-state index contributed by atoms with van der Waals surface area (Å²) in [5.74, 6) is 0.685. The topological polar surface area (TPSA) is 64.1 Å². The van der Waals surface area contributed by atoms with E-state index in [4.69, 9.17) is 22.3 Å². The van der Waals surface area contributed by atoms with E-state index in [1.165, 1.54) is 0 Å².